The number of rotatable bonds is 4. The van der Waals surface area contributed by atoms with Crippen molar-refractivity contribution < 1.29 is 28.5 Å². The van der Waals surface area contributed by atoms with E-state index in [4.69, 9.17) is 30.1 Å². The highest BCUT2D eigenvalue weighted by molar-refractivity contribution is 5.88. The molecule has 0 aliphatic carbocycles. The molecular formula is C34H36N4O7. The molecule has 1 spiro atoms. The number of epoxide rings is 1. The van der Waals surface area contributed by atoms with Gasteiger partial charge in [-0.15, -0.1) is 0 Å². The molecule has 7 rings (SSSR count). The van der Waals surface area contributed by atoms with Gasteiger partial charge >= 0.3 is 5.97 Å². The van der Waals surface area contributed by atoms with E-state index in [1.165, 1.54) is 6.07 Å². The molecule has 6 heterocycles. The minimum Gasteiger partial charge on any atom is -0.507 e. The number of benzene rings is 1. The van der Waals surface area contributed by atoms with E-state index in [0.29, 0.717) is 60.1 Å². The Labute approximate surface area is 259 Å². The van der Waals surface area contributed by atoms with Crippen LogP contribution >= 0.6 is 0 Å². The molecule has 2 saturated heterocycles. The number of aromatic nitrogens is 2. The summed E-state index contributed by atoms with van der Waals surface area (Å²) in [4.78, 5) is 35.3. The molecule has 3 aliphatic rings. The predicted octanol–water partition coefficient (Wildman–Crippen LogP) is 4.94. The Kier molecular flexibility index (Phi) is 6.77. The minimum atomic E-state index is -1.05. The number of aromatic hydroxyl groups is 1. The van der Waals surface area contributed by atoms with Crippen molar-refractivity contribution in [3.63, 3.8) is 0 Å². The average molecular weight is 613 g/mol. The molecule has 3 aliphatic heterocycles. The zero-order valence-electron chi connectivity index (χ0n) is 25.5. The van der Waals surface area contributed by atoms with E-state index in [1.807, 2.05) is 32.0 Å². The molecule has 234 valence electrons. The second kappa shape index (κ2) is 10.5. The fraction of sp³-hybridized carbons (Fsp3) is 0.412. The van der Waals surface area contributed by atoms with Gasteiger partial charge in [0.05, 0.1) is 11.8 Å². The summed E-state index contributed by atoms with van der Waals surface area (Å²) < 4.78 is 24.6. The van der Waals surface area contributed by atoms with Gasteiger partial charge in [-0.1, -0.05) is 6.42 Å². The monoisotopic (exact) mass is 612 g/mol. The summed E-state index contributed by atoms with van der Waals surface area (Å²) in [6.07, 6.45) is 4.47. The highest BCUT2D eigenvalue weighted by atomic mass is 16.7. The number of carbonyl (C=O) groups excluding carboxylic acids is 1. The van der Waals surface area contributed by atoms with Gasteiger partial charge in [-0.05, 0) is 82.7 Å². The van der Waals surface area contributed by atoms with Gasteiger partial charge in [-0.2, -0.15) is 0 Å². The number of hydrogen-bond donors (Lipinski definition) is 3. The molecule has 45 heavy (non-hydrogen) atoms. The summed E-state index contributed by atoms with van der Waals surface area (Å²) >= 11 is 0. The molecule has 0 radical (unpaired) electrons. The maximum Gasteiger partial charge on any atom is 0.341 e. The van der Waals surface area contributed by atoms with Gasteiger partial charge in [0.25, 0.3) is 0 Å². The van der Waals surface area contributed by atoms with Gasteiger partial charge in [-0.25, -0.2) is 14.8 Å². The van der Waals surface area contributed by atoms with E-state index in [9.17, 15) is 14.7 Å². The first kappa shape index (κ1) is 29.1. The van der Waals surface area contributed by atoms with Gasteiger partial charge in [0, 0.05) is 35.4 Å². The number of nitrogen functional groups attached to an aromatic ring is 2. The van der Waals surface area contributed by atoms with E-state index >= 15 is 0 Å². The van der Waals surface area contributed by atoms with Crippen LogP contribution in [0, 0.1) is 6.92 Å². The van der Waals surface area contributed by atoms with Crippen LogP contribution in [-0.2, 0) is 20.7 Å². The zero-order chi connectivity index (χ0) is 31.7. The Morgan fingerprint density at radius 2 is 1.89 bits per heavy atom. The third kappa shape index (κ3) is 5.04. The van der Waals surface area contributed by atoms with Crippen molar-refractivity contribution in [1.29, 1.82) is 0 Å². The third-order valence-corrected chi connectivity index (χ3v) is 9.30. The fourth-order valence-corrected chi connectivity index (χ4v) is 7.14. The molecule has 0 amide bonds. The second-order valence-electron chi connectivity index (χ2n) is 12.9. The number of ether oxygens (including phenoxy) is 3. The number of fused-ring (bicyclic) bond motifs is 4. The van der Waals surface area contributed by atoms with E-state index in [0.717, 1.165) is 24.0 Å². The Bertz CT molecular complexity index is 1900. The minimum absolute atomic E-state index is 0.0990. The topological polar surface area (TPSA) is 176 Å². The van der Waals surface area contributed by atoms with Crippen LogP contribution in [0.2, 0.25) is 0 Å². The first-order chi connectivity index (χ1) is 21.4. The number of anilines is 2. The quantitative estimate of drug-likeness (QED) is 0.210. The summed E-state index contributed by atoms with van der Waals surface area (Å²) in [7, 11) is 0. The van der Waals surface area contributed by atoms with Crippen LogP contribution in [0.5, 0.6) is 11.5 Å². The second-order valence-corrected chi connectivity index (χ2v) is 12.9. The maximum absolute atomic E-state index is 13.9. The zero-order valence-corrected chi connectivity index (χ0v) is 25.5. The first-order valence-corrected chi connectivity index (χ1v) is 15.3. The standard InChI is InChI=1S/C34H36N4O7/c1-17-12-22(39)29-23(42-17)16-24-28(30(29)40)20-6-4-5-10-34(32(41)43-31(20)33(2,3)44-24)25(45-34)8-7-18-13-21(38-27(36)14-18)19-9-11-37-26(35)15-19/h9,11-16,20,25,31,40H,4-8,10H2,1-3H3,(H2,35,37)(H2,36,38). The smallest absolute Gasteiger partial charge is 0.341 e. The Morgan fingerprint density at radius 1 is 1.07 bits per heavy atom. The van der Waals surface area contributed by atoms with Crippen LogP contribution in [0.1, 0.15) is 68.8 Å². The Balaban J connectivity index is 1.13. The summed E-state index contributed by atoms with van der Waals surface area (Å²) in [6, 6.07) is 10.4. The molecule has 0 saturated carbocycles. The van der Waals surface area contributed by atoms with Gasteiger partial charge in [0.2, 0.25) is 0 Å². The molecule has 3 aromatic heterocycles. The predicted molar refractivity (Wildman–Crippen MR) is 167 cm³/mol. The lowest BCUT2D eigenvalue weighted by molar-refractivity contribution is -0.170. The molecule has 1 aromatic carbocycles. The van der Waals surface area contributed by atoms with Crippen LogP contribution in [0.15, 0.2) is 51.8 Å². The highest BCUT2D eigenvalue weighted by Gasteiger charge is 2.64. The fourth-order valence-electron chi connectivity index (χ4n) is 7.14. The van der Waals surface area contributed by atoms with Crippen molar-refractivity contribution in [2.45, 2.75) is 88.6 Å². The lowest BCUT2D eigenvalue weighted by Crippen LogP contribution is -2.52. The Hall–Kier alpha value is -4.64. The number of pyridine rings is 2. The molecule has 11 heteroatoms. The van der Waals surface area contributed by atoms with Crippen LogP contribution in [0.3, 0.4) is 0 Å². The largest absolute Gasteiger partial charge is 0.507 e. The lowest BCUT2D eigenvalue weighted by atomic mass is 9.77. The number of aryl methyl sites for hydroxylation is 2. The van der Waals surface area contributed by atoms with Crippen LogP contribution < -0.4 is 21.6 Å². The SMILES string of the molecule is Cc1cc(=O)c2c(O)c3c(cc2o1)OC(C)(C)C1OC(=O)C2(CCCCC31)OC2CCc1cc(N)nc(-c2ccnc(N)c2)c1. The van der Waals surface area contributed by atoms with Crippen molar-refractivity contribution in [3.8, 4) is 22.8 Å². The Morgan fingerprint density at radius 3 is 2.69 bits per heavy atom. The van der Waals surface area contributed by atoms with Crippen molar-refractivity contribution in [1.82, 2.24) is 9.97 Å². The molecule has 0 bridgehead atoms. The van der Waals surface area contributed by atoms with Crippen LogP contribution in [-0.4, -0.2) is 44.5 Å². The van der Waals surface area contributed by atoms with Crippen molar-refractivity contribution in [3.05, 3.63) is 69.7 Å². The number of nitrogens with two attached hydrogens (primary N) is 2. The van der Waals surface area contributed by atoms with E-state index in [1.54, 1.807) is 25.3 Å². The number of nitrogens with zero attached hydrogens (tertiary/aromatic N) is 2. The number of esters is 1. The summed E-state index contributed by atoms with van der Waals surface area (Å²) in [5, 5.41) is 11.5. The third-order valence-electron chi connectivity index (χ3n) is 9.30. The average Bonchev–Trinajstić information content (AvgIpc) is 3.67. The molecular weight excluding hydrogens is 576 g/mol. The summed E-state index contributed by atoms with van der Waals surface area (Å²) in [5.41, 5.74) is 12.9. The van der Waals surface area contributed by atoms with Crippen LogP contribution in [0.4, 0.5) is 11.6 Å². The first-order valence-electron chi connectivity index (χ1n) is 15.3. The molecule has 4 aromatic rings. The van der Waals surface area contributed by atoms with E-state index < -0.39 is 23.3 Å². The van der Waals surface area contributed by atoms with E-state index in [2.05, 4.69) is 9.97 Å². The van der Waals surface area contributed by atoms with Gasteiger partial charge in [-0.3, -0.25) is 4.79 Å². The number of phenols is 1. The molecule has 5 N–H and O–H groups in total. The summed E-state index contributed by atoms with van der Waals surface area (Å²) in [6.45, 7) is 5.42. The molecule has 2 fully saturated rings. The lowest BCUT2D eigenvalue weighted by Gasteiger charge is -2.44. The van der Waals surface area contributed by atoms with Crippen molar-refractivity contribution in [2.75, 3.05) is 11.5 Å². The molecule has 4 unspecified atom stereocenters. The van der Waals surface area contributed by atoms with Gasteiger partial charge < -0.3 is 35.2 Å². The van der Waals surface area contributed by atoms with Crippen molar-refractivity contribution >= 4 is 28.6 Å². The molecule has 4 atom stereocenters. The molecule has 11 nitrogen and oxygen atoms in total. The maximum atomic E-state index is 13.9. The summed E-state index contributed by atoms with van der Waals surface area (Å²) in [5.74, 6) is 0.654. The van der Waals surface area contributed by atoms with Crippen molar-refractivity contribution in [2.24, 2.45) is 0 Å². The number of carbonyl (C=O) groups is 1. The van der Waals surface area contributed by atoms with Gasteiger partial charge in [0.15, 0.2) is 11.0 Å². The van der Waals surface area contributed by atoms with E-state index in [-0.39, 0.29) is 34.2 Å². The van der Waals surface area contributed by atoms with Gasteiger partial charge in [0.1, 0.15) is 51.6 Å². The van der Waals surface area contributed by atoms with Crippen LogP contribution in [0.25, 0.3) is 22.2 Å². The number of phenolic OH excluding ortho intramolecular Hbond substituents is 1. The number of hydrogen-bond acceptors (Lipinski definition) is 11. The highest BCUT2D eigenvalue weighted by Crippen LogP contribution is 2.53. The normalized spacial score (nSPS) is 25.3.